The Morgan fingerprint density at radius 2 is 1.78 bits per heavy atom. The molecule has 0 atom stereocenters. The van der Waals surface area contributed by atoms with E-state index in [1.54, 1.807) is 61.8 Å². The van der Waals surface area contributed by atoms with Crippen molar-refractivity contribution in [1.82, 2.24) is 15.2 Å². The molecule has 46 heavy (non-hydrogen) atoms. The third kappa shape index (κ3) is 8.75. The zero-order chi connectivity index (χ0) is 32.5. The van der Waals surface area contributed by atoms with Crippen LogP contribution >= 0.6 is 12.2 Å². The third-order valence-electron chi connectivity index (χ3n) is 7.32. The van der Waals surface area contributed by atoms with Gasteiger partial charge in [-0.05, 0) is 49.8 Å². The maximum absolute atomic E-state index is 15.1. The monoisotopic (exact) mass is 646 g/mol. The van der Waals surface area contributed by atoms with Gasteiger partial charge in [0.05, 0.1) is 38.9 Å². The highest BCUT2D eigenvalue weighted by molar-refractivity contribution is 7.80. The first-order chi connectivity index (χ1) is 22.3. The lowest BCUT2D eigenvalue weighted by Gasteiger charge is -2.26. The van der Waals surface area contributed by atoms with Crippen molar-refractivity contribution in [3.8, 4) is 23.0 Å². The fraction of sp³-hybridized carbons (Fsp3) is 0.294. The van der Waals surface area contributed by atoms with Crippen LogP contribution in [-0.4, -0.2) is 73.3 Å². The number of nitrogens with one attached hydrogen (secondary N) is 2. The number of ether oxygens (including phenoxy) is 4. The number of hydrogen-bond donors (Lipinski definition) is 2. The number of aromatic nitrogens is 1. The summed E-state index contributed by atoms with van der Waals surface area (Å²) >= 11 is 5.19. The third-order valence-corrected chi connectivity index (χ3v) is 7.53. The largest absolute Gasteiger partial charge is 0.493 e. The fourth-order valence-corrected chi connectivity index (χ4v) is 5.12. The van der Waals surface area contributed by atoms with Gasteiger partial charge in [-0.15, -0.1) is 0 Å². The number of amides is 1. The van der Waals surface area contributed by atoms with Crippen molar-refractivity contribution in [2.45, 2.75) is 19.8 Å². The highest BCUT2D eigenvalue weighted by Gasteiger charge is 2.16. The first-order valence-electron chi connectivity index (χ1n) is 14.9. The summed E-state index contributed by atoms with van der Waals surface area (Å²) in [6.07, 6.45) is 2.05. The van der Waals surface area contributed by atoms with Gasteiger partial charge in [0.25, 0.3) is 0 Å². The average molecular weight is 647 g/mol. The second-order valence-electron chi connectivity index (χ2n) is 10.7. The van der Waals surface area contributed by atoms with E-state index < -0.39 is 11.7 Å². The number of carbonyl (C=O) groups excluding carboxylic acids is 2. The summed E-state index contributed by atoms with van der Waals surface area (Å²) in [4.78, 5) is 31.5. The molecule has 1 aliphatic heterocycles. The van der Waals surface area contributed by atoms with Crippen molar-refractivity contribution in [3.63, 3.8) is 0 Å². The van der Waals surface area contributed by atoms with Crippen LogP contribution in [0.3, 0.4) is 0 Å². The molecule has 0 unspecified atom stereocenters. The minimum Gasteiger partial charge on any atom is -0.493 e. The van der Waals surface area contributed by atoms with Crippen molar-refractivity contribution >= 4 is 45.6 Å². The molecule has 0 radical (unpaired) electrons. The Morgan fingerprint density at radius 3 is 2.52 bits per heavy atom. The first kappa shape index (κ1) is 32.7. The molecular formula is C34H35FN4O6S. The van der Waals surface area contributed by atoms with E-state index in [1.165, 1.54) is 12.1 Å². The molecule has 0 spiro atoms. The number of carbonyl (C=O) groups is 2. The van der Waals surface area contributed by atoms with Crippen LogP contribution in [0.5, 0.6) is 23.0 Å². The Labute approximate surface area is 271 Å². The molecule has 12 heteroatoms. The van der Waals surface area contributed by atoms with E-state index in [-0.39, 0.29) is 28.8 Å². The first-order valence-corrected chi connectivity index (χ1v) is 15.3. The van der Waals surface area contributed by atoms with E-state index in [9.17, 15) is 9.59 Å². The lowest BCUT2D eigenvalue weighted by atomic mass is 10.1. The van der Waals surface area contributed by atoms with Crippen LogP contribution in [0, 0.1) is 12.7 Å². The number of hydrogen-bond acceptors (Lipinski definition) is 9. The molecule has 240 valence electrons. The molecule has 3 aromatic carbocycles. The number of halogens is 1. The molecule has 1 amide bonds. The minimum atomic E-state index is -0.661. The SMILES string of the molecule is COc1cc2c(Oc3ccc(NC(=S)NC(=O)CC(=O)c4ccc(C)cc4)cc3F)ccnc2cc1OCCCN1CCOCC1. The van der Waals surface area contributed by atoms with E-state index >= 15 is 4.39 Å². The lowest BCUT2D eigenvalue weighted by Crippen LogP contribution is -2.37. The standard InChI is InChI=1S/C34H35FN4O6S/c1-22-4-6-23(7-5-22)28(40)21-33(41)38-34(46)37-24-8-9-30(26(35)18-24)45-29-10-11-36-27-20-32(31(42-2)19-25(27)29)44-15-3-12-39-13-16-43-17-14-39/h4-11,18-20H,3,12-17,21H2,1-2H3,(H2,37,38,41,46). The molecule has 1 aromatic heterocycles. The second-order valence-corrected chi connectivity index (χ2v) is 11.1. The van der Waals surface area contributed by atoms with Gasteiger partial charge < -0.3 is 29.6 Å². The number of rotatable bonds is 12. The molecule has 0 aliphatic carbocycles. The van der Waals surface area contributed by atoms with Gasteiger partial charge in [0, 0.05) is 54.6 Å². The number of fused-ring (bicyclic) bond motifs is 1. The topological polar surface area (TPSA) is 111 Å². The lowest BCUT2D eigenvalue weighted by molar-refractivity contribution is -0.118. The average Bonchev–Trinajstić information content (AvgIpc) is 3.04. The van der Waals surface area contributed by atoms with Crippen LogP contribution in [0.2, 0.25) is 0 Å². The van der Waals surface area contributed by atoms with Gasteiger partial charge in [-0.1, -0.05) is 29.8 Å². The molecule has 5 rings (SSSR count). The van der Waals surface area contributed by atoms with Crippen LogP contribution in [0.15, 0.2) is 66.9 Å². The number of aryl methyl sites for hydroxylation is 1. The molecule has 1 fully saturated rings. The summed E-state index contributed by atoms with van der Waals surface area (Å²) < 4.78 is 38.1. The Kier molecular flexibility index (Phi) is 11.1. The Bertz CT molecular complexity index is 1710. The van der Waals surface area contributed by atoms with Crippen LogP contribution < -0.4 is 24.8 Å². The molecule has 2 heterocycles. The van der Waals surface area contributed by atoms with E-state index in [1.807, 2.05) is 6.92 Å². The highest BCUT2D eigenvalue weighted by atomic mass is 32.1. The van der Waals surface area contributed by atoms with Crippen molar-refractivity contribution in [3.05, 3.63) is 83.8 Å². The maximum Gasteiger partial charge on any atom is 0.233 e. The summed E-state index contributed by atoms with van der Waals surface area (Å²) in [5.74, 6) is -0.159. The number of methoxy groups -OCH3 is 1. The summed E-state index contributed by atoms with van der Waals surface area (Å²) in [5, 5.41) is 5.76. The molecule has 1 aliphatic rings. The second kappa shape index (κ2) is 15.6. The highest BCUT2D eigenvalue weighted by Crippen LogP contribution is 2.38. The van der Waals surface area contributed by atoms with Gasteiger partial charge in [-0.25, -0.2) is 4.39 Å². The van der Waals surface area contributed by atoms with E-state index in [4.69, 9.17) is 31.2 Å². The van der Waals surface area contributed by atoms with Crippen molar-refractivity contribution < 1.29 is 32.9 Å². The van der Waals surface area contributed by atoms with Crippen LogP contribution in [-0.2, 0) is 9.53 Å². The Balaban J connectivity index is 1.18. The van der Waals surface area contributed by atoms with Crippen LogP contribution in [0.4, 0.5) is 10.1 Å². The quantitative estimate of drug-likeness (QED) is 0.0865. The van der Waals surface area contributed by atoms with Crippen LogP contribution in [0.25, 0.3) is 10.9 Å². The van der Waals surface area contributed by atoms with Gasteiger partial charge in [0.2, 0.25) is 5.91 Å². The van der Waals surface area contributed by atoms with Gasteiger partial charge >= 0.3 is 0 Å². The Morgan fingerprint density at radius 1 is 1.00 bits per heavy atom. The number of pyridine rings is 1. The number of morpholine rings is 1. The number of ketones is 1. The summed E-state index contributed by atoms with van der Waals surface area (Å²) in [5.41, 5.74) is 2.33. The molecule has 4 aromatic rings. The fourth-order valence-electron chi connectivity index (χ4n) is 4.89. The number of Topliss-reactive ketones (excluding diaryl/α,β-unsaturated/α-hetero) is 1. The zero-order valence-electron chi connectivity index (χ0n) is 25.6. The molecule has 0 saturated carbocycles. The predicted molar refractivity (Wildman–Crippen MR) is 177 cm³/mol. The van der Waals surface area contributed by atoms with E-state index in [2.05, 4.69) is 20.5 Å². The number of benzene rings is 3. The zero-order valence-corrected chi connectivity index (χ0v) is 26.5. The number of nitrogens with zero attached hydrogens (tertiary/aromatic N) is 2. The maximum atomic E-state index is 15.1. The van der Waals surface area contributed by atoms with Crippen molar-refractivity contribution in [2.24, 2.45) is 0 Å². The number of thiocarbonyl (C=S) groups is 1. The van der Waals surface area contributed by atoms with Crippen molar-refractivity contribution in [1.29, 1.82) is 0 Å². The minimum absolute atomic E-state index is 0.0286. The predicted octanol–water partition coefficient (Wildman–Crippen LogP) is 5.67. The van der Waals surface area contributed by atoms with Gasteiger partial charge in [0.15, 0.2) is 34.0 Å². The van der Waals surface area contributed by atoms with Gasteiger partial charge in [-0.3, -0.25) is 19.5 Å². The smallest absolute Gasteiger partial charge is 0.233 e. The summed E-state index contributed by atoms with van der Waals surface area (Å²) in [6, 6.07) is 16.3. The molecule has 2 N–H and O–H groups in total. The van der Waals surface area contributed by atoms with E-state index in [0.29, 0.717) is 40.3 Å². The normalized spacial score (nSPS) is 13.2. The Hall–Kier alpha value is -4.65. The molecule has 1 saturated heterocycles. The van der Waals surface area contributed by atoms with Crippen LogP contribution in [0.1, 0.15) is 28.8 Å². The molecule has 10 nitrogen and oxygen atoms in total. The van der Waals surface area contributed by atoms with E-state index in [0.717, 1.165) is 44.8 Å². The summed E-state index contributed by atoms with van der Waals surface area (Å²) in [7, 11) is 1.55. The molecular weight excluding hydrogens is 611 g/mol. The van der Waals surface area contributed by atoms with Gasteiger partial charge in [0.1, 0.15) is 5.75 Å². The van der Waals surface area contributed by atoms with Crippen molar-refractivity contribution in [2.75, 3.05) is 51.9 Å². The number of anilines is 1. The summed E-state index contributed by atoms with van der Waals surface area (Å²) in [6.45, 7) is 6.71. The van der Waals surface area contributed by atoms with Gasteiger partial charge in [-0.2, -0.15) is 0 Å². The molecule has 0 bridgehead atoms.